The van der Waals surface area contributed by atoms with Gasteiger partial charge in [-0.15, -0.1) is 12.4 Å². The summed E-state index contributed by atoms with van der Waals surface area (Å²) < 4.78 is 0. The van der Waals surface area contributed by atoms with Crippen LogP contribution in [0.1, 0.15) is 24.8 Å². The molecule has 2 fully saturated rings. The fourth-order valence-electron chi connectivity index (χ4n) is 3.82. The molecular weight excluding hydrogens is 272 g/mol. The molecule has 2 aliphatic rings. The van der Waals surface area contributed by atoms with Crippen LogP contribution in [0.2, 0.25) is 0 Å². The first kappa shape index (κ1) is 15.3. The summed E-state index contributed by atoms with van der Waals surface area (Å²) in [5, 5.41) is 3.07. The van der Waals surface area contributed by atoms with Gasteiger partial charge in [0, 0.05) is 12.6 Å². The standard InChI is InChI=1S/C16H22N2O.ClH/c17-15-13-7-6-12(10-13)14(15)16(19)18-9-8-11-4-2-1-3-5-11;/h1-5,12-15H,6-10,17H2,(H,18,19);1H. The quantitative estimate of drug-likeness (QED) is 0.894. The lowest BCUT2D eigenvalue weighted by atomic mass is 9.84. The largest absolute Gasteiger partial charge is 0.355 e. The molecule has 1 amide bonds. The third-order valence-corrected chi connectivity index (χ3v) is 4.84. The normalized spacial score (nSPS) is 30.9. The minimum Gasteiger partial charge on any atom is -0.355 e. The van der Waals surface area contributed by atoms with Crippen molar-refractivity contribution in [2.45, 2.75) is 31.7 Å². The van der Waals surface area contributed by atoms with Crippen LogP contribution >= 0.6 is 12.4 Å². The van der Waals surface area contributed by atoms with Crippen LogP contribution in [-0.4, -0.2) is 18.5 Å². The molecular formula is C16H23ClN2O. The molecule has 0 aromatic heterocycles. The highest BCUT2D eigenvalue weighted by molar-refractivity contribution is 5.85. The fourth-order valence-corrected chi connectivity index (χ4v) is 3.82. The average Bonchev–Trinajstić information content (AvgIpc) is 3.00. The number of carbonyl (C=O) groups is 1. The zero-order valence-electron chi connectivity index (χ0n) is 11.6. The van der Waals surface area contributed by atoms with Gasteiger partial charge < -0.3 is 11.1 Å². The molecule has 4 atom stereocenters. The maximum atomic E-state index is 12.2. The van der Waals surface area contributed by atoms with E-state index in [4.69, 9.17) is 5.73 Å². The Hall–Kier alpha value is -1.06. The third-order valence-electron chi connectivity index (χ3n) is 4.84. The van der Waals surface area contributed by atoms with E-state index >= 15 is 0 Å². The summed E-state index contributed by atoms with van der Waals surface area (Å²) in [7, 11) is 0. The van der Waals surface area contributed by atoms with Gasteiger partial charge in [-0.25, -0.2) is 0 Å². The van der Waals surface area contributed by atoms with Gasteiger partial charge in [0.05, 0.1) is 5.92 Å². The lowest BCUT2D eigenvalue weighted by molar-refractivity contribution is -0.127. The van der Waals surface area contributed by atoms with Gasteiger partial charge in [0.1, 0.15) is 0 Å². The molecule has 0 spiro atoms. The zero-order valence-corrected chi connectivity index (χ0v) is 12.4. The summed E-state index contributed by atoms with van der Waals surface area (Å²) in [5.41, 5.74) is 7.45. The monoisotopic (exact) mass is 294 g/mol. The lowest BCUT2D eigenvalue weighted by Gasteiger charge is -2.27. The van der Waals surface area contributed by atoms with Crippen molar-refractivity contribution < 1.29 is 4.79 Å². The van der Waals surface area contributed by atoms with Gasteiger partial charge >= 0.3 is 0 Å². The number of halogens is 1. The molecule has 2 saturated carbocycles. The van der Waals surface area contributed by atoms with Crippen LogP contribution in [0.3, 0.4) is 0 Å². The number of fused-ring (bicyclic) bond motifs is 2. The molecule has 1 aromatic rings. The number of amides is 1. The van der Waals surface area contributed by atoms with E-state index < -0.39 is 0 Å². The molecule has 0 aliphatic heterocycles. The summed E-state index contributed by atoms with van der Waals surface area (Å²) >= 11 is 0. The maximum Gasteiger partial charge on any atom is 0.224 e. The highest BCUT2D eigenvalue weighted by atomic mass is 35.5. The van der Waals surface area contributed by atoms with Crippen molar-refractivity contribution >= 4 is 18.3 Å². The van der Waals surface area contributed by atoms with Crippen LogP contribution in [0.15, 0.2) is 30.3 Å². The number of carbonyl (C=O) groups excluding carboxylic acids is 1. The Bertz CT molecular complexity index is 449. The molecule has 4 heteroatoms. The van der Waals surface area contributed by atoms with Gasteiger partial charge in [-0.1, -0.05) is 30.3 Å². The predicted octanol–water partition coefficient (Wildman–Crippen LogP) is 2.14. The second-order valence-electron chi connectivity index (χ2n) is 5.96. The second-order valence-corrected chi connectivity index (χ2v) is 5.96. The van der Waals surface area contributed by atoms with Gasteiger partial charge in [-0.3, -0.25) is 4.79 Å². The zero-order chi connectivity index (χ0) is 13.2. The van der Waals surface area contributed by atoms with Gasteiger partial charge in [-0.2, -0.15) is 0 Å². The van der Waals surface area contributed by atoms with E-state index in [-0.39, 0.29) is 30.3 Å². The summed E-state index contributed by atoms with van der Waals surface area (Å²) in [5.74, 6) is 1.37. The van der Waals surface area contributed by atoms with Gasteiger partial charge in [0.15, 0.2) is 0 Å². The molecule has 0 saturated heterocycles. The molecule has 4 unspecified atom stereocenters. The van der Waals surface area contributed by atoms with Crippen molar-refractivity contribution in [3.63, 3.8) is 0 Å². The van der Waals surface area contributed by atoms with E-state index in [9.17, 15) is 4.79 Å². The van der Waals surface area contributed by atoms with E-state index in [2.05, 4.69) is 17.4 Å². The summed E-state index contributed by atoms with van der Waals surface area (Å²) in [6.07, 6.45) is 4.47. The second kappa shape index (κ2) is 6.59. The Morgan fingerprint density at radius 2 is 1.90 bits per heavy atom. The van der Waals surface area contributed by atoms with E-state index in [1.54, 1.807) is 0 Å². The van der Waals surface area contributed by atoms with E-state index in [0.29, 0.717) is 18.4 Å². The van der Waals surface area contributed by atoms with Crippen molar-refractivity contribution in [3.05, 3.63) is 35.9 Å². The van der Waals surface area contributed by atoms with Crippen molar-refractivity contribution in [2.75, 3.05) is 6.54 Å². The van der Waals surface area contributed by atoms with Crippen molar-refractivity contribution in [2.24, 2.45) is 23.5 Å². The van der Waals surface area contributed by atoms with Crippen LogP contribution < -0.4 is 11.1 Å². The van der Waals surface area contributed by atoms with E-state index in [1.165, 1.54) is 18.4 Å². The smallest absolute Gasteiger partial charge is 0.224 e. The molecule has 110 valence electrons. The highest BCUT2D eigenvalue weighted by Crippen LogP contribution is 2.47. The maximum absolute atomic E-state index is 12.2. The number of benzene rings is 1. The van der Waals surface area contributed by atoms with Crippen LogP contribution in [0.4, 0.5) is 0 Å². The number of hydrogen-bond acceptors (Lipinski definition) is 2. The summed E-state index contributed by atoms with van der Waals surface area (Å²) in [4.78, 5) is 12.2. The molecule has 3 rings (SSSR count). The first-order valence-electron chi connectivity index (χ1n) is 7.33. The van der Waals surface area contributed by atoms with E-state index in [0.717, 1.165) is 12.8 Å². The summed E-state index contributed by atoms with van der Waals surface area (Å²) in [6, 6.07) is 10.4. The molecule has 2 bridgehead atoms. The van der Waals surface area contributed by atoms with Crippen LogP contribution in [0.25, 0.3) is 0 Å². The van der Waals surface area contributed by atoms with Gasteiger partial charge in [-0.05, 0) is 43.1 Å². The van der Waals surface area contributed by atoms with Crippen LogP contribution in [-0.2, 0) is 11.2 Å². The number of hydrogen-bond donors (Lipinski definition) is 2. The molecule has 3 nitrogen and oxygen atoms in total. The SMILES string of the molecule is Cl.NC1C2CCC(C2)C1C(=O)NCCc1ccccc1. The molecule has 3 N–H and O–H groups in total. The molecule has 0 radical (unpaired) electrons. The van der Waals surface area contributed by atoms with Gasteiger partial charge in [0.25, 0.3) is 0 Å². The topological polar surface area (TPSA) is 55.1 Å². The number of rotatable bonds is 4. The van der Waals surface area contributed by atoms with Crippen LogP contribution in [0, 0.1) is 17.8 Å². The van der Waals surface area contributed by atoms with Crippen molar-refractivity contribution in [1.82, 2.24) is 5.32 Å². The Labute approximate surface area is 126 Å². The Kier molecular flexibility index (Phi) is 5.06. The number of nitrogens with one attached hydrogen (secondary N) is 1. The fraction of sp³-hybridized carbons (Fsp3) is 0.562. The third kappa shape index (κ3) is 2.99. The lowest BCUT2D eigenvalue weighted by Crippen LogP contribution is -2.45. The first-order chi connectivity index (χ1) is 9.25. The Morgan fingerprint density at radius 1 is 1.20 bits per heavy atom. The van der Waals surface area contributed by atoms with Gasteiger partial charge in [0.2, 0.25) is 5.91 Å². The molecule has 2 aliphatic carbocycles. The molecule has 1 aromatic carbocycles. The Morgan fingerprint density at radius 3 is 2.55 bits per heavy atom. The highest BCUT2D eigenvalue weighted by Gasteiger charge is 2.48. The minimum absolute atomic E-state index is 0. The average molecular weight is 295 g/mol. The molecule has 20 heavy (non-hydrogen) atoms. The minimum atomic E-state index is 0. The predicted molar refractivity (Wildman–Crippen MR) is 82.7 cm³/mol. The van der Waals surface area contributed by atoms with E-state index in [1.807, 2.05) is 18.2 Å². The number of nitrogens with two attached hydrogens (primary N) is 1. The molecule has 0 heterocycles. The van der Waals surface area contributed by atoms with Crippen LogP contribution in [0.5, 0.6) is 0 Å². The Balaban J connectivity index is 0.00000147. The first-order valence-corrected chi connectivity index (χ1v) is 7.33. The van der Waals surface area contributed by atoms with Crippen molar-refractivity contribution in [3.8, 4) is 0 Å². The summed E-state index contributed by atoms with van der Waals surface area (Å²) in [6.45, 7) is 0.712. The van der Waals surface area contributed by atoms with Crippen molar-refractivity contribution in [1.29, 1.82) is 0 Å².